The molecule has 1 unspecified atom stereocenters. The van der Waals surface area contributed by atoms with Gasteiger partial charge in [-0.15, -0.1) is 0 Å². The van der Waals surface area contributed by atoms with Crippen LogP contribution in [-0.4, -0.2) is 19.1 Å². The average molecular weight is 155 g/mol. The van der Waals surface area contributed by atoms with Gasteiger partial charge in [-0.1, -0.05) is 6.92 Å². The van der Waals surface area contributed by atoms with Crippen LogP contribution < -0.4 is 11.1 Å². The van der Waals surface area contributed by atoms with Crippen LogP contribution in [0.1, 0.15) is 26.2 Å². The number of nitriles is 1. The standard InChI is InChI=1S/C8H17N3/c1-2-8(10)4-7-11-6-3-5-9/h8,11H,2-4,6-7,10H2,1H3. The van der Waals surface area contributed by atoms with Crippen molar-refractivity contribution in [3.8, 4) is 6.07 Å². The number of hydrogen-bond donors (Lipinski definition) is 2. The third kappa shape index (κ3) is 7.31. The molecule has 3 heteroatoms. The Balaban J connectivity index is 2.97. The molecule has 0 aromatic heterocycles. The van der Waals surface area contributed by atoms with E-state index >= 15 is 0 Å². The molecule has 0 aliphatic heterocycles. The fraction of sp³-hybridized carbons (Fsp3) is 0.875. The van der Waals surface area contributed by atoms with Gasteiger partial charge in [0.2, 0.25) is 0 Å². The molecule has 64 valence electrons. The van der Waals surface area contributed by atoms with Gasteiger partial charge in [0, 0.05) is 19.0 Å². The van der Waals surface area contributed by atoms with E-state index in [4.69, 9.17) is 11.0 Å². The van der Waals surface area contributed by atoms with Gasteiger partial charge in [0.15, 0.2) is 0 Å². The molecular weight excluding hydrogens is 138 g/mol. The summed E-state index contributed by atoms with van der Waals surface area (Å²) in [6.07, 6.45) is 2.61. The highest BCUT2D eigenvalue weighted by atomic mass is 14.8. The van der Waals surface area contributed by atoms with Crippen molar-refractivity contribution in [1.82, 2.24) is 5.32 Å². The van der Waals surface area contributed by atoms with Crippen molar-refractivity contribution in [3.63, 3.8) is 0 Å². The zero-order valence-corrected chi connectivity index (χ0v) is 7.14. The van der Waals surface area contributed by atoms with Gasteiger partial charge in [-0.2, -0.15) is 5.26 Å². The van der Waals surface area contributed by atoms with Crippen LogP contribution in [0.5, 0.6) is 0 Å². The fourth-order valence-electron chi connectivity index (χ4n) is 0.761. The molecule has 0 aromatic rings. The van der Waals surface area contributed by atoms with Gasteiger partial charge in [-0.3, -0.25) is 0 Å². The molecule has 0 fully saturated rings. The van der Waals surface area contributed by atoms with Crippen LogP contribution in [0, 0.1) is 11.3 Å². The first-order valence-corrected chi connectivity index (χ1v) is 4.14. The maximum absolute atomic E-state index is 8.21. The second-order valence-electron chi connectivity index (χ2n) is 2.62. The lowest BCUT2D eigenvalue weighted by Crippen LogP contribution is -2.26. The Morgan fingerprint density at radius 3 is 2.82 bits per heavy atom. The van der Waals surface area contributed by atoms with Crippen LogP contribution in [0.3, 0.4) is 0 Å². The van der Waals surface area contributed by atoms with E-state index in [1.807, 2.05) is 0 Å². The molecule has 0 saturated carbocycles. The summed E-state index contributed by atoms with van der Waals surface area (Å²) in [5.74, 6) is 0. The minimum absolute atomic E-state index is 0.310. The quantitative estimate of drug-likeness (QED) is 0.553. The summed E-state index contributed by atoms with van der Waals surface area (Å²) in [4.78, 5) is 0. The summed E-state index contributed by atoms with van der Waals surface area (Å²) in [5, 5.41) is 11.4. The highest BCUT2D eigenvalue weighted by Gasteiger charge is 1.96. The Bertz CT molecular complexity index is 117. The van der Waals surface area contributed by atoms with Crippen molar-refractivity contribution in [1.29, 1.82) is 5.26 Å². The third-order valence-electron chi connectivity index (χ3n) is 1.63. The largest absolute Gasteiger partial charge is 0.328 e. The van der Waals surface area contributed by atoms with Crippen molar-refractivity contribution in [2.75, 3.05) is 13.1 Å². The van der Waals surface area contributed by atoms with Gasteiger partial charge in [0.1, 0.15) is 0 Å². The molecule has 0 aliphatic carbocycles. The lowest BCUT2D eigenvalue weighted by molar-refractivity contribution is 0.553. The van der Waals surface area contributed by atoms with Crippen molar-refractivity contribution < 1.29 is 0 Å². The minimum Gasteiger partial charge on any atom is -0.328 e. The summed E-state index contributed by atoms with van der Waals surface area (Å²) < 4.78 is 0. The zero-order chi connectivity index (χ0) is 8.53. The van der Waals surface area contributed by atoms with Crippen LogP contribution in [0.4, 0.5) is 0 Å². The first-order valence-electron chi connectivity index (χ1n) is 4.14. The molecule has 0 bridgehead atoms. The maximum Gasteiger partial charge on any atom is 0.0635 e. The highest BCUT2D eigenvalue weighted by molar-refractivity contribution is 4.70. The number of nitrogens with two attached hydrogens (primary N) is 1. The molecule has 0 amide bonds. The molecule has 0 spiro atoms. The van der Waals surface area contributed by atoms with Crippen LogP contribution in [0.2, 0.25) is 0 Å². The van der Waals surface area contributed by atoms with Crippen LogP contribution >= 0.6 is 0 Å². The normalized spacial score (nSPS) is 12.5. The second-order valence-corrected chi connectivity index (χ2v) is 2.62. The van der Waals surface area contributed by atoms with Crippen LogP contribution in [-0.2, 0) is 0 Å². The number of nitrogens with one attached hydrogen (secondary N) is 1. The van der Waals surface area contributed by atoms with Gasteiger partial charge in [0.25, 0.3) is 0 Å². The Kier molecular flexibility index (Phi) is 7.11. The molecular formula is C8H17N3. The minimum atomic E-state index is 0.310. The van der Waals surface area contributed by atoms with E-state index < -0.39 is 0 Å². The lowest BCUT2D eigenvalue weighted by Gasteiger charge is -2.07. The van der Waals surface area contributed by atoms with E-state index in [0.29, 0.717) is 12.5 Å². The summed E-state index contributed by atoms with van der Waals surface area (Å²) in [7, 11) is 0. The molecule has 1 atom stereocenters. The van der Waals surface area contributed by atoms with Crippen molar-refractivity contribution in [2.24, 2.45) is 5.73 Å². The molecule has 11 heavy (non-hydrogen) atoms. The summed E-state index contributed by atoms with van der Waals surface area (Å²) in [5.41, 5.74) is 5.68. The Labute approximate surface area is 68.6 Å². The smallest absolute Gasteiger partial charge is 0.0635 e. The van der Waals surface area contributed by atoms with Gasteiger partial charge in [-0.25, -0.2) is 0 Å². The van der Waals surface area contributed by atoms with E-state index in [1.54, 1.807) is 0 Å². The van der Waals surface area contributed by atoms with E-state index in [1.165, 1.54) is 0 Å². The van der Waals surface area contributed by atoms with Crippen molar-refractivity contribution >= 4 is 0 Å². The third-order valence-corrected chi connectivity index (χ3v) is 1.63. The predicted molar refractivity (Wildman–Crippen MR) is 46.0 cm³/mol. The molecule has 0 heterocycles. The topological polar surface area (TPSA) is 61.8 Å². The molecule has 0 saturated heterocycles. The summed E-state index contributed by atoms with van der Waals surface area (Å²) in [6.45, 7) is 3.80. The second kappa shape index (κ2) is 7.52. The summed E-state index contributed by atoms with van der Waals surface area (Å²) in [6, 6.07) is 2.39. The zero-order valence-electron chi connectivity index (χ0n) is 7.14. The molecule has 3 nitrogen and oxygen atoms in total. The van der Waals surface area contributed by atoms with Gasteiger partial charge < -0.3 is 11.1 Å². The SMILES string of the molecule is CCC(N)CCNCCC#N. The van der Waals surface area contributed by atoms with Crippen LogP contribution in [0.15, 0.2) is 0 Å². The van der Waals surface area contributed by atoms with Gasteiger partial charge >= 0.3 is 0 Å². The van der Waals surface area contributed by atoms with E-state index in [2.05, 4.69) is 18.3 Å². The average Bonchev–Trinajstić information content (AvgIpc) is 2.04. The number of nitrogens with zero attached hydrogens (tertiary/aromatic N) is 1. The Morgan fingerprint density at radius 2 is 2.27 bits per heavy atom. The monoisotopic (exact) mass is 155 g/mol. The predicted octanol–water partition coefficient (Wildman–Crippen LogP) is 0.617. The summed E-state index contributed by atoms with van der Waals surface area (Å²) >= 11 is 0. The van der Waals surface area contributed by atoms with E-state index in [-0.39, 0.29) is 0 Å². The van der Waals surface area contributed by atoms with Crippen molar-refractivity contribution in [2.45, 2.75) is 32.2 Å². The van der Waals surface area contributed by atoms with Gasteiger partial charge in [0.05, 0.1) is 6.07 Å². The number of hydrogen-bond acceptors (Lipinski definition) is 3. The molecule has 0 rings (SSSR count). The van der Waals surface area contributed by atoms with E-state index in [0.717, 1.165) is 25.9 Å². The lowest BCUT2D eigenvalue weighted by atomic mass is 10.2. The Hall–Kier alpha value is -0.590. The van der Waals surface area contributed by atoms with Gasteiger partial charge in [-0.05, 0) is 19.4 Å². The Morgan fingerprint density at radius 1 is 1.55 bits per heavy atom. The molecule has 0 aromatic carbocycles. The molecule has 3 N–H and O–H groups in total. The van der Waals surface area contributed by atoms with E-state index in [9.17, 15) is 0 Å². The first-order chi connectivity index (χ1) is 5.31. The fourth-order valence-corrected chi connectivity index (χ4v) is 0.761. The molecule has 0 radical (unpaired) electrons. The van der Waals surface area contributed by atoms with Crippen molar-refractivity contribution in [3.05, 3.63) is 0 Å². The highest BCUT2D eigenvalue weighted by Crippen LogP contribution is 1.90. The maximum atomic E-state index is 8.21. The molecule has 0 aliphatic rings. The number of rotatable bonds is 6. The first kappa shape index (κ1) is 10.4. The van der Waals surface area contributed by atoms with Crippen LogP contribution in [0.25, 0.3) is 0 Å².